The second kappa shape index (κ2) is 6.65. The average molecular weight is 270 g/mol. The van der Waals surface area contributed by atoms with E-state index in [4.69, 9.17) is 0 Å². The number of carbonyl (C=O) groups is 1. The van der Waals surface area contributed by atoms with Gasteiger partial charge in [0.1, 0.15) is 5.69 Å². The quantitative estimate of drug-likeness (QED) is 0.876. The molecule has 0 saturated carbocycles. The number of rotatable bonds is 5. The molecular weight excluding hydrogens is 252 g/mol. The molecule has 0 aliphatic heterocycles. The van der Waals surface area contributed by atoms with Gasteiger partial charge in [0.05, 0.1) is 0 Å². The van der Waals surface area contributed by atoms with Crippen LogP contribution in [0.5, 0.6) is 0 Å². The maximum absolute atomic E-state index is 12.2. The van der Waals surface area contributed by atoms with Crippen LogP contribution in [-0.4, -0.2) is 22.4 Å². The average Bonchev–Trinajstić information content (AvgIpc) is 2.48. The Balaban J connectivity index is 2.11. The second-order valence-electron chi connectivity index (χ2n) is 4.50. The minimum Gasteiger partial charge on any atom is -0.385 e. The molecule has 0 bridgehead atoms. The Morgan fingerprint density at radius 2 is 2.15 bits per heavy atom. The second-order valence-corrected chi connectivity index (χ2v) is 4.50. The first-order valence-corrected chi connectivity index (χ1v) is 6.62. The van der Waals surface area contributed by atoms with E-state index in [0.29, 0.717) is 5.69 Å². The Morgan fingerprint density at radius 1 is 1.30 bits per heavy atom. The predicted molar refractivity (Wildman–Crippen MR) is 79.9 cm³/mol. The van der Waals surface area contributed by atoms with Crippen LogP contribution in [0.4, 0.5) is 11.4 Å². The third-order valence-corrected chi connectivity index (χ3v) is 2.84. The first-order chi connectivity index (χ1) is 9.70. The minimum absolute atomic E-state index is 0.223. The zero-order chi connectivity index (χ0) is 14.4. The van der Waals surface area contributed by atoms with E-state index >= 15 is 0 Å². The molecule has 2 aromatic heterocycles. The van der Waals surface area contributed by atoms with Crippen molar-refractivity contribution in [3.8, 4) is 0 Å². The first-order valence-electron chi connectivity index (χ1n) is 6.62. The number of anilines is 2. The van der Waals surface area contributed by atoms with Gasteiger partial charge in [-0.05, 0) is 37.1 Å². The topological polar surface area (TPSA) is 66.9 Å². The highest BCUT2D eigenvalue weighted by molar-refractivity contribution is 6.03. The van der Waals surface area contributed by atoms with E-state index in [2.05, 4.69) is 27.5 Å². The highest BCUT2D eigenvalue weighted by atomic mass is 16.1. The van der Waals surface area contributed by atoms with Crippen LogP contribution in [0.1, 0.15) is 29.4 Å². The van der Waals surface area contributed by atoms with Crippen molar-refractivity contribution in [3.05, 3.63) is 48.0 Å². The van der Waals surface area contributed by atoms with Gasteiger partial charge in [0.2, 0.25) is 0 Å². The molecule has 20 heavy (non-hydrogen) atoms. The molecule has 0 spiro atoms. The number of hydrogen-bond donors (Lipinski definition) is 2. The summed E-state index contributed by atoms with van der Waals surface area (Å²) in [5.74, 6) is -0.223. The molecule has 0 aliphatic rings. The maximum atomic E-state index is 12.2. The van der Waals surface area contributed by atoms with Crippen molar-refractivity contribution in [2.45, 2.75) is 20.3 Å². The predicted octanol–water partition coefficient (Wildman–Crippen LogP) is 2.86. The van der Waals surface area contributed by atoms with Gasteiger partial charge in [-0.15, -0.1) is 0 Å². The van der Waals surface area contributed by atoms with Crippen LogP contribution in [0.15, 0.2) is 36.8 Å². The van der Waals surface area contributed by atoms with Crippen molar-refractivity contribution >= 4 is 17.3 Å². The number of aryl methyl sites for hydroxylation is 1. The van der Waals surface area contributed by atoms with Gasteiger partial charge in [0.15, 0.2) is 0 Å². The van der Waals surface area contributed by atoms with Crippen LogP contribution < -0.4 is 10.6 Å². The summed E-state index contributed by atoms with van der Waals surface area (Å²) in [6, 6.07) is 5.37. The van der Waals surface area contributed by atoms with Gasteiger partial charge in [0, 0.05) is 36.5 Å². The maximum Gasteiger partial charge on any atom is 0.274 e. The lowest BCUT2D eigenvalue weighted by molar-refractivity contribution is 0.102. The number of carbonyl (C=O) groups excluding carboxylic acids is 1. The summed E-state index contributed by atoms with van der Waals surface area (Å²) < 4.78 is 0. The minimum atomic E-state index is -0.223. The van der Waals surface area contributed by atoms with E-state index < -0.39 is 0 Å². The lowest BCUT2D eigenvalue weighted by Gasteiger charge is -2.09. The van der Waals surface area contributed by atoms with Crippen molar-refractivity contribution in [3.63, 3.8) is 0 Å². The Labute approximate surface area is 118 Å². The molecule has 2 aromatic rings. The molecule has 0 atom stereocenters. The Bertz CT molecular complexity index is 598. The normalized spacial score (nSPS) is 10.1. The smallest absolute Gasteiger partial charge is 0.274 e. The molecular formula is C15H18N4O. The van der Waals surface area contributed by atoms with E-state index in [1.165, 1.54) is 0 Å². The van der Waals surface area contributed by atoms with Gasteiger partial charge in [0.25, 0.3) is 5.91 Å². The molecule has 1 amide bonds. The molecule has 0 radical (unpaired) electrons. The number of nitrogens with zero attached hydrogens (tertiary/aromatic N) is 2. The summed E-state index contributed by atoms with van der Waals surface area (Å²) >= 11 is 0. The van der Waals surface area contributed by atoms with E-state index in [1.807, 2.05) is 13.0 Å². The Morgan fingerprint density at radius 3 is 2.90 bits per heavy atom. The molecule has 2 N–H and O–H groups in total. The summed E-state index contributed by atoms with van der Waals surface area (Å²) in [6.45, 7) is 4.86. The number of nitrogens with one attached hydrogen (secondary N) is 2. The van der Waals surface area contributed by atoms with Crippen LogP contribution in [0.25, 0.3) is 0 Å². The van der Waals surface area contributed by atoms with Crippen LogP contribution in [0.2, 0.25) is 0 Å². The molecule has 5 nitrogen and oxygen atoms in total. The highest BCUT2D eigenvalue weighted by Gasteiger charge is 2.09. The SMILES string of the molecule is CCCNc1ccnc(C(=O)Nc2ccncc2C)c1. The Hall–Kier alpha value is -2.43. The standard InChI is InChI=1S/C15H18N4O/c1-3-6-17-12-4-8-18-14(9-12)15(20)19-13-5-7-16-10-11(13)2/h4-5,7-10H,3,6H2,1-2H3,(H,17,18)(H,16,19,20). The molecule has 0 saturated heterocycles. The van der Waals surface area contributed by atoms with Crippen molar-refractivity contribution < 1.29 is 4.79 Å². The fraction of sp³-hybridized carbons (Fsp3) is 0.267. The third-order valence-electron chi connectivity index (χ3n) is 2.84. The van der Waals surface area contributed by atoms with Crippen molar-refractivity contribution in [1.82, 2.24) is 9.97 Å². The van der Waals surface area contributed by atoms with E-state index in [1.54, 1.807) is 30.7 Å². The van der Waals surface area contributed by atoms with E-state index in [0.717, 1.165) is 29.9 Å². The summed E-state index contributed by atoms with van der Waals surface area (Å²) in [6.07, 6.45) is 6.02. The van der Waals surface area contributed by atoms with Gasteiger partial charge in [-0.2, -0.15) is 0 Å². The molecule has 2 rings (SSSR count). The van der Waals surface area contributed by atoms with Gasteiger partial charge in [-0.25, -0.2) is 0 Å². The number of pyridine rings is 2. The highest BCUT2D eigenvalue weighted by Crippen LogP contribution is 2.14. The van der Waals surface area contributed by atoms with Gasteiger partial charge < -0.3 is 10.6 Å². The van der Waals surface area contributed by atoms with Gasteiger partial charge in [-0.3, -0.25) is 14.8 Å². The number of hydrogen-bond acceptors (Lipinski definition) is 4. The van der Waals surface area contributed by atoms with Crippen LogP contribution >= 0.6 is 0 Å². The molecule has 2 heterocycles. The third kappa shape index (κ3) is 3.54. The number of aromatic nitrogens is 2. The van der Waals surface area contributed by atoms with Gasteiger partial charge in [-0.1, -0.05) is 6.92 Å². The largest absolute Gasteiger partial charge is 0.385 e. The lowest BCUT2D eigenvalue weighted by atomic mass is 10.2. The summed E-state index contributed by atoms with van der Waals surface area (Å²) in [4.78, 5) is 20.3. The lowest BCUT2D eigenvalue weighted by Crippen LogP contribution is -2.15. The molecule has 0 aliphatic carbocycles. The molecule has 0 aromatic carbocycles. The van der Waals surface area contributed by atoms with E-state index in [9.17, 15) is 4.79 Å². The van der Waals surface area contributed by atoms with Crippen LogP contribution in [0.3, 0.4) is 0 Å². The molecule has 0 unspecified atom stereocenters. The number of amides is 1. The summed E-state index contributed by atoms with van der Waals surface area (Å²) in [7, 11) is 0. The summed E-state index contributed by atoms with van der Waals surface area (Å²) in [5, 5.41) is 6.08. The molecule has 5 heteroatoms. The monoisotopic (exact) mass is 270 g/mol. The van der Waals surface area contributed by atoms with Crippen LogP contribution in [-0.2, 0) is 0 Å². The summed E-state index contributed by atoms with van der Waals surface area (Å²) in [5.41, 5.74) is 2.96. The van der Waals surface area contributed by atoms with Gasteiger partial charge >= 0.3 is 0 Å². The fourth-order valence-corrected chi connectivity index (χ4v) is 1.73. The van der Waals surface area contributed by atoms with E-state index in [-0.39, 0.29) is 5.91 Å². The molecule has 0 fully saturated rings. The van der Waals surface area contributed by atoms with Crippen LogP contribution in [0, 0.1) is 6.92 Å². The zero-order valence-corrected chi connectivity index (χ0v) is 11.7. The fourth-order valence-electron chi connectivity index (χ4n) is 1.73. The van der Waals surface area contributed by atoms with Crippen molar-refractivity contribution in [1.29, 1.82) is 0 Å². The van der Waals surface area contributed by atoms with Crippen molar-refractivity contribution in [2.24, 2.45) is 0 Å². The first kappa shape index (κ1) is 14.0. The Kier molecular flexibility index (Phi) is 4.65. The molecule has 104 valence electrons. The van der Waals surface area contributed by atoms with Crippen molar-refractivity contribution in [2.75, 3.05) is 17.2 Å². The zero-order valence-electron chi connectivity index (χ0n) is 11.7.